The SMILES string of the molecule is C=c1[nH]n(-c2ccc(C(=O)O)cc2)c(=O)c1=Cc1ccco1. The molecule has 0 bridgehead atoms. The van der Waals surface area contributed by atoms with Crippen molar-refractivity contribution in [1.29, 1.82) is 0 Å². The van der Waals surface area contributed by atoms with Crippen LogP contribution in [-0.4, -0.2) is 20.9 Å². The zero-order chi connectivity index (χ0) is 15.7. The number of benzene rings is 1. The predicted molar refractivity (Wildman–Crippen MR) is 80.4 cm³/mol. The molecule has 3 aromatic rings. The number of H-pyrrole nitrogens is 1. The van der Waals surface area contributed by atoms with E-state index in [2.05, 4.69) is 11.7 Å². The van der Waals surface area contributed by atoms with Crippen molar-refractivity contribution < 1.29 is 14.3 Å². The first-order valence-electron chi connectivity index (χ1n) is 6.45. The van der Waals surface area contributed by atoms with Gasteiger partial charge >= 0.3 is 5.97 Å². The monoisotopic (exact) mass is 296 g/mol. The van der Waals surface area contributed by atoms with Gasteiger partial charge in [-0.1, -0.05) is 6.58 Å². The molecule has 0 spiro atoms. The average Bonchev–Trinajstić information content (AvgIpc) is 3.11. The van der Waals surface area contributed by atoms with Gasteiger partial charge in [-0.3, -0.25) is 9.89 Å². The molecule has 0 atom stereocenters. The molecule has 0 fully saturated rings. The summed E-state index contributed by atoms with van der Waals surface area (Å²) in [5.41, 5.74) is 0.393. The molecule has 1 aromatic carbocycles. The summed E-state index contributed by atoms with van der Waals surface area (Å²) in [6.45, 7) is 3.81. The Labute approximate surface area is 124 Å². The van der Waals surface area contributed by atoms with Crippen molar-refractivity contribution in [2.24, 2.45) is 0 Å². The fraction of sp³-hybridized carbons (Fsp3) is 0. The molecule has 2 N–H and O–H groups in total. The Bertz CT molecular complexity index is 976. The van der Waals surface area contributed by atoms with E-state index < -0.39 is 5.97 Å². The number of furan rings is 1. The number of hydrogen-bond donors (Lipinski definition) is 2. The van der Waals surface area contributed by atoms with E-state index in [1.807, 2.05) is 0 Å². The van der Waals surface area contributed by atoms with Gasteiger partial charge < -0.3 is 9.52 Å². The summed E-state index contributed by atoms with van der Waals surface area (Å²) in [7, 11) is 0. The molecule has 0 saturated carbocycles. The third-order valence-corrected chi connectivity index (χ3v) is 3.21. The maximum absolute atomic E-state index is 12.4. The first kappa shape index (κ1) is 13.7. The fourth-order valence-electron chi connectivity index (χ4n) is 2.09. The molecule has 3 rings (SSSR count). The van der Waals surface area contributed by atoms with Gasteiger partial charge in [0.05, 0.1) is 28.1 Å². The zero-order valence-electron chi connectivity index (χ0n) is 11.4. The van der Waals surface area contributed by atoms with Crippen LogP contribution >= 0.6 is 0 Å². The number of aromatic carboxylic acids is 1. The molecule has 0 aliphatic carbocycles. The Kier molecular flexibility index (Phi) is 3.27. The van der Waals surface area contributed by atoms with Crippen molar-refractivity contribution in [2.75, 3.05) is 0 Å². The molecule has 0 aliphatic rings. The second kappa shape index (κ2) is 5.25. The van der Waals surface area contributed by atoms with Crippen LogP contribution in [0.15, 0.2) is 51.9 Å². The largest absolute Gasteiger partial charge is 0.478 e. The second-order valence-corrected chi connectivity index (χ2v) is 4.66. The number of aromatic nitrogens is 2. The van der Waals surface area contributed by atoms with Crippen LogP contribution < -0.4 is 16.1 Å². The lowest BCUT2D eigenvalue weighted by Gasteiger charge is -2.01. The Morgan fingerprint density at radius 1 is 1.27 bits per heavy atom. The fourth-order valence-corrected chi connectivity index (χ4v) is 2.09. The van der Waals surface area contributed by atoms with Crippen molar-refractivity contribution in [3.05, 3.63) is 74.9 Å². The van der Waals surface area contributed by atoms with Crippen molar-refractivity contribution in [3.8, 4) is 5.69 Å². The van der Waals surface area contributed by atoms with Crippen molar-refractivity contribution in [3.63, 3.8) is 0 Å². The predicted octanol–water partition coefficient (Wildman–Crippen LogP) is 0.696. The van der Waals surface area contributed by atoms with Crippen LogP contribution in [0.25, 0.3) is 18.3 Å². The highest BCUT2D eigenvalue weighted by Crippen LogP contribution is 2.06. The molecule has 22 heavy (non-hydrogen) atoms. The van der Waals surface area contributed by atoms with Crippen molar-refractivity contribution in [1.82, 2.24) is 9.78 Å². The van der Waals surface area contributed by atoms with Crippen LogP contribution in [0.5, 0.6) is 0 Å². The molecule has 0 amide bonds. The minimum absolute atomic E-state index is 0.153. The van der Waals surface area contributed by atoms with Crippen LogP contribution in [0.1, 0.15) is 16.1 Å². The molecule has 6 heteroatoms. The van der Waals surface area contributed by atoms with Crippen LogP contribution in [0, 0.1) is 0 Å². The van der Waals surface area contributed by atoms with E-state index in [1.165, 1.54) is 23.1 Å². The van der Waals surface area contributed by atoms with Gasteiger partial charge in [-0.15, -0.1) is 0 Å². The lowest BCUT2D eigenvalue weighted by molar-refractivity contribution is 0.0697. The van der Waals surface area contributed by atoms with Gasteiger partial charge in [-0.25, -0.2) is 9.48 Å². The van der Waals surface area contributed by atoms with E-state index in [9.17, 15) is 9.59 Å². The van der Waals surface area contributed by atoms with E-state index in [1.54, 1.807) is 30.3 Å². The number of nitrogens with one attached hydrogen (secondary N) is 1. The first-order valence-corrected chi connectivity index (χ1v) is 6.45. The second-order valence-electron chi connectivity index (χ2n) is 4.66. The third kappa shape index (κ3) is 2.37. The lowest BCUT2D eigenvalue weighted by Crippen LogP contribution is -2.33. The smallest absolute Gasteiger partial charge is 0.335 e. The summed E-state index contributed by atoms with van der Waals surface area (Å²) in [5, 5.41) is 12.6. The quantitative estimate of drug-likeness (QED) is 0.744. The number of rotatable bonds is 3. The van der Waals surface area contributed by atoms with Crippen LogP contribution in [0.2, 0.25) is 0 Å². The summed E-state index contributed by atoms with van der Waals surface area (Å²) < 4.78 is 6.50. The minimum atomic E-state index is -1.02. The van der Waals surface area contributed by atoms with Crippen molar-refractivity contribution >= 4 is 18.6 Å². The molecule has 0 saturated heterocycles. The Morgan fingerprint density at radius 2 is 2.00 bits per heavy atom. The molecule has 2 aromatic heterocycles. The first-order chi connectivity index (χ1) is 10.6. The highest BCUT2D eigenvalue weighted by molar-refractivity contribution is 5.87. The van der Waals surface area contributed by atoms with Gasteiger partial charge in [0, 0.05) is 0 Å². The van der Waals surface area contributed by atoms with Gasteiger partial charge in [-0.05, 0) is 42.5 Å². The maximum atomic E-state index is 12.4. The Morgan fingerprint density at radius 3 is 2.59 bits per heavy atom. The topological polar surface area (TPSA) is 88.2 Å². The van der Waals surface area contributed by atoms with Gasteiger partial charge in [0.2, 0.25) is 0 Å². The molecule has 2 heterocycles. The number of carboxylic acids is 1. The Balaban J connectivity index is 2.12. The molecule has 0 radical (unpaired) electrons. The van der Waals surface area contributed by atoms with Gasteiger partial charge in [-0.2, -0.15) is 0 Å². The summed E-state index contributed by atoms with van der Waals surface area (Å²) in [6, 6.07) is 9.43. The normalized spacial score (nSPS) is 11.7. The van der Waals surface area contributed by atoms with E-state index >= 15 is 0 Å². The van der Waals surface area contributed by atoms with E-state index in [4.69, 9.17) is 9.52 Å². The average molecular weight is 296 g/mol. The number of hydrogen-bond acceptors (Lipinski definition) is 3. The van der Waals surface area contributed by atoms with E-state index in [0.717, 1.165) is 0 Å². The molecule has 0 aliphatic heterocycles. The molecular weight excluding hydrogens is 284 g/mol. The molecule has 0 unspecified atom stereocenters. The van der Waals surface area contributed by atoms with Gasteiger partial charge in [0.25, 0.3) is 5.56 Å². The molecule has 110 valence electrons. The van der Waals surface area contributed by atoms with Crippen LogP contribution in [-0.2, 0) is 0 Å². The lowest BCUT2D eigenvalue weighted by atomic mass is 10.2. The standard InChI is InChI=1S/C16H12N2O4/c1-10-14(9-13-3-2-8-22-13)15(19)18(17-10)12-6-4-11(5-7-12)16(20)21/h2-9,17H,1H2,(H,20,21). The number of carboxylic acid groups (broad SMARTS) is 1. The number of nitrogens with zero attached hydrogens (tertiary/aromatic N) is 1. The van der Waals surface area contributed by atoms with Crippen LogP contribution in [0.3, 0.4) is 0 Å². The summed E-state index contributed by atoms with van der Waals surface area (Å²) in [6.07, 6.45) is 3.12. The highest BCUT2D eigenvalue weighted by atomic mass is 16.4. The molecular formula is C16H12N2O4. The number of carbonyl (C=O) groups is 1. The minimum Gasteiger partial charge on any atom is -0.478 e. The molecule has 6 nitrogen and oxygen atoms in total. The van der Waals surface area contributed by atoms with E-state index in [-0.39, 0.29) is 11.1 Å². The van der Waals surface area contributed by atoms with Gasteiger partial charge in [0.15, 0.2) is 0 Å². The highest BCUT2D eigenvalue weighted by Gasteiger charge is 2.07. The summed E-state index contributed by atoms with van der Waals surface area (Å²) >= 11 is 0. The van der Waals surface area contributed by atoms with Crippen molar-refractivity contribution in [2.45, 2.75) is 0 Å². The maximum Gasteiger partial charge on any atom is 0.335 e. The van der Waals surface area contributed by atoms with Gasteiger partial charge in [0.1, 0.15) is 5.76 Å². The third-order valence-electron chi connectivity index (χ3n) is 3.21. The van der Waals surface area contributed by atoms with Crippen LogP contribution in [0.4, 0.5) is 0 Å². The summed E-state index contributed by atoms with van der Waals surface area (Å²) in [5.74, 6) is -0.468. The van der Waals surface area contributed by atoms with E-state index in [0.29, 0.717) is 22.0 Å². The zero-order valence-corrected chi connectivity index (χ0v) is 11.4. The number of aromatic amines is 1. The summed E-state index contributed by atoms with van der Waals surface area (Å²) in [4.78, 5) is 23.3. The Hall–Kier alpha value is -3.28.